The van der Waals surface area contributed by atoms with Gasteiger partial charge in [0, 0.05) is 44.6 Å². The quantitative estimate of drug-likeness (QED) is 0.940. The van der Waals surface area contributed by atoms with Crippen LogP contribution in [0, 0.1) is 0 Å². The number of hydrogen-bond acceptors (Lipinski definition) is 4. The van der Waals surface area contributed by atoms with Crippen molar-refractivity contribution in [1.82, 2.24) is 14.7 Å². The van der Waals surface area contributed by atoms with E-state index in [9.17, 15) is 4.79 Å². The number of anilines is 1. The molecule has 3 heterocycles. The van der Waals surface area contributed by atoms with Crippen molar-refractivity contribution < 1.29 is 9.53 Å². The van der Waals surface area contributed by atoms with Crippen LogP contribution in [-0.2, 0) is 31.2 Å². The minimum absolute atomic E-state index is 0.0712. The van der Waals surface area contributed by atoms with Crippen LogP contribution in [0.2, 0.25) is 0 Å². The third-order valence-corrected chi connectivity index (χ3v) is 4.85. The van der Waals surface area contributed by atoms with Crippen LogP contribution in [0.25, 0.3) is 0 Å². The van der Waals surface area contributed by atoms with Gasteiger partial charge in [-0.25, -0.2) is 4.79 Å². The number of carbonyl (C=O) groups excluding carboxylic acids is 1. The third kappa shape index (κ3) is 3.15. The van der Waals surface area contributed by atoms with Crippen molar-refractivity contribution in [3.8, 4) is 0 Å². The normalized spacial score (nSPS) is 14.0. The monoisotopic (exact) mass is 320 g/mol. The minimum atomic E-state index is -0.0712. The number of ether oxygens (including phenoxy) is 1. The molecule has 0 bridgehead atoms. The molecule has 2 amide bonds. The standard InChI is InChI=1S/C15H20N4O2S/c1-18-14(9-12(17-18)4-7-21-2)16-15(20)19-6-3-13-11(10-19)5-8-22-13/h5,8-9H,3-4,6-7,10H2,1-2H3,(H,16,20). The Kier molecular flexibility index (Phi) is 4.44. The zero-order chi connectivity index (χ0) is 15.5. The summed E-state index contributed by atoms with van der Waals surface area (Å²) in [6.45, 7) is 2.06. The van der Waals surface area contributed by atoms with Gasteiger partial charge in [-0.3, -0.25) is 10.00 Å². The molecule has 3 rings (SSSR count). The molecular formula is C15H20N4O2S. The van der Waals surface area contributed by atoms with E-state index in [0.29, 0.717) is 19.0 Å². The Morgan fingerprint density at radius 3 is 3.23 bits per heavy atom. The average molecular weight is 320 g/mol. The molecule has 2 aromatic heterocycles. The number of carbonyl (C=O) groups is 1. The molecule has 0 radical (unpaired) electrons. The summed E-state index contributed by atoms with van der Waals surface area (Å²) < 4.78 is 6.75. The van der Waals surface area contributed by atoms with Gasteiger partial charge in [-0.15, -0.1) is 11.3 Å². The number of thiophene rings is 1. The molecular weight excluding hydrogens is 300 g/mol. The maximum absolute atomic E-state index is 12.4. The predicted molar refractivity (Wildman–Crippen MR) is 86.2 cm³/mol. The highest BCUT2D eigenvalue weighted by atomic mass is 32.1. The molecule has 1 N–H and O–H groups in total. The average Bonchev–Trinajstić information content (AvgIpc) is 3.11. The van der Waals surface area contributed by atoms with Crippen LogP contribution in [0.4, 0.5) is 10.6 Å². The highest BCUT2D eigenvalue weighted by Crippen LogP contribution is 2.24. The summed E-state index contributed by atoms with van der Waals surface area (Å²) in [5.74, 6) is 0.715. The first-order chi connectivity index (χ1) is 10.7. The van der Waals surface area contributed by atoms with Crippen molar-refractivity contribution in [2.24, 2.45) is 7.05 Å². The summed E-state index contributed by atoms with van der Waals surface area (Å²) in [5, 5.41) is 9.42. The molecule has 118 valence electrons. The Morgan fingerprint density at radius 2 is 2.41 bits per heavy atom. The van der Waals surface area contributed by atoms with Gasteiger partial charge < -0.3 is 9.64 Å². The second-order valence-electron chi connectivity index (χ2n) is 5.36. The van der Waals surface area contributed by atoms with E-state index in [4.69, 9.17) is 4.74 Å². The van der Waals surface area contributed by atoms with Gasteiger partial charge in [0.15, 0.2) is 0 Å². The fourth-order valence-electron chi connectivity index (χ4n) is 2.58. The van der Waals surface area contributed by atoms with E-state index >= 15 is 0 Å². The molecule has 0 fully saturated rings. The van der Waals surface area contributed by atoms with Crippen LogP contribution in [0.15, 0.2) is 17.5 Å². The number of rotatable bonds is 4. The van der Waals surface area contributed by atoms with Crippen molar-refractivity contribution in [2.75, 3.05) is 25.6 Å². The smallest absolute Gasteiger partial charge is 0.323 e. The first-order valence-electron chi connectivity index (χ1n) is 7.30. The van der Waals surface area contributed by atoms with E-state index < -0.39 is 0 Å². The second-order valence-corrected chi connectivity index (χ2v) is 6.36. The Hall–Kier alpha value is -1.86. The zero-order valence-electron chi connectivity index (χ0n) is 12.8. The van der Waals surface area contributed by atoms with Gasteiger partial charge in [0.2, 0.25) is 0 Å². The summed E-state index contributed by atoms with van der Waals surface area (Å²) >= 11 is 1.77. The van der Waals surface area contributed by atoms with Crippen molar-refractivity contribution in [3.05, 3.63) is 33.6 Å². The van der Waals surface area contributed by atoms with Gasteiger partial charge in [0.1, 0.15) is 5.82 Å². The first kappa shape index (κ1) is 15.1. The molecule has 0 saturated heterocycles. The highest BCUT2D eigenvalue weighted by Gasteiger charge is 2.22. The van der Waals surface area contributed by atoms with E-state index in [0.717, 1.165) is 25.1 Å². The molecule has 2 aromatic rings. The van der Waals surface area contributed by atoms with E-state index in [2.05, 4.69) is 21.9 Å². The number of urea groups is 1. The van der Waals surface area contributed by atoms with Crippen LogP contribution in [0.5, 0.6) is 0 Å². The van der Waals surface area contributed by atoms with Gasteiger partial charge in [0.05, 0.1) is 12.3 Å². The van der Waals surface area contributed by atoms with Gasteiger partial charge in [-0.05, 0) is 23.4 Å². The maximum Gasteiger partial charge on any atom is 0.323 e. The largest absolute Gasteiger partial charge is 0.384 e. The number of nitrogens with one attached hydrogen (secondary N) is 1. The van der Waals surface area contributed by atoms with Gasteiger partial charge in [0.25, 0.3) is 0 Å². The van der Waals surface area contributed by atoms with Crippen LogP contribution in [-0.4, -0.2) is 41.0 Å². The van der Waals surface area contributed by atoms with Crippen molar-refractivity contribution >= 4 is 23.2 Å². The zero-order valence-corrected chi connectivity index (χ0v) is 13.7. The number of hydrogen-bond donors (Lipinski definition) is 1. The number of aromatic nitrogens is 2. The minimum Gasteiger partial charge on any atom is -0.384 e. The SMILES string of the molecule is COCCc1cc(NC(=O)N2CCc3sccc3C2)n(C)n1. The summed E-state index contributed by atoms with van der Waals surface area (Å²) in [4.78, 5) is 15.7. The van der Waals surface area contributed by atoms with Gasteiger partial charge in [-0.2, -0.15) is 5.10 Å². The number of amides is 2. The lowest BCUT2D eigenvalue weighted by molar-refractivity contribution is 0.201. The molecule has 1 aliphatic heterocycles. The first-order valence-corrected chi connectivity index (χ1v) is 8.18. The molecule has 1 aliphatic rings. The van der Waals surface area contributed by atoms with Crippen LogP contribution in [0.1, 0.15) is 16.1 Å². The molecule has 0 aliphatic carbocycles. The molecule has 0 unspecified atom stereocenters. The molecule has 6 nitrogen and oxygen atoms in total. The number of methoxy groups -OCH3 is 1. The molecule has 0 atom stereocenters. The van der Waals surface area contributed by atoms with Crippen molar-refractivity contribution in [1.29, 1.82) is 0 Å². The Balaban J connectivity index is 1.63. The lowest BCUT2D eigenvalue weighted by atomic mass is 10.1. The molecule has 0 saturated carbocycles. The summed E-state index contributed by atoms with van der Waals surface area (Å²) in [6, 6.07) is 3.93. The van der Waals surface area contributed by atoms with E-state index in [1.807, 2.05) is 18.0 Å². The number of aryl methyl sites for hydroxylation is 1. The van der Waals surface area contributed by atoms with E-state index in [1.54, 1.807) is 23.1 Å². The highest BCUT2D eigenvalue weighted by molar-refractivity contribution is 7.10. The molecule has 0 aromatic carbocycles. The summed E-state index contributed by atoms with van der Waals surface area (Å²) in [6.07, 6.45) is 1.67. The lowest BCUT2D eigenvalue weighted by Crippen LogP contribution is -2.38. The van der Waals surface area contributed by atoms with Crippen LogP contribution in [0.3, 0.4) is 0 Å². The molecule has 7 heteroatoms. The van der Waals surface area contributed by atoms with Gasteiger partial charge >= 0.3 is 6.03 Å². The Morgan fingerprint density at radius 1 is 1.55 bits per heavy atom. The molecule has 22 heavy (non-hydrogen) atoms. The van der Waals surface area contributed by atoms with E-state index in [1.165, 1.54) is 10.4 Å². The fourth-order valence-corrected chi connectivity index (χ4v) is 3.47. The number of nitrogens with zero attached hydrogens (tertiary/aromatic N) is 3. The van der Waals surface area contributed by atoms with Crippen molar-refractivity contribution in [3.63, 3.8) is 0 Å². The lowest BCUT2D eigenvalue weighted by Gasteiger charge is -2.27. The maximum atomic E-state index is 12.4. The second kappa shape index (κ2) is 6.50. The molecule has 0 spiro atoms. The van der Waals surface area contributed by atoms with Crippen molar-refractivity contribution in [2.45, 2.75) is 19.4 Å². The summed E-state index contributed by atoms with van der Waals surface area (Å²) in [7, 11) is 3.50. The van der Waals surface area contributed by atoms with Gasteiger partial charge in [-0.1, -0.05) is 0 Å². The van der Waals surface area contributed by atoms with Crippen LogP contribution < -0.4 is 5.32 Å². The Labute approximate surface area is 133 Å². The predicted octanol–water partition coefficient (Wildman–Crippen LogP) is 2.26. The summed E-state index contributed by atoms with van der Waals surface area (Å²) in [5.41, 5.74) is 2.18. The van der Waals surface area contributed by atoms with Crippen LogP contribution >= 0.6 is 11.3 Å². The fraction of sp³-hybridized carbons (Fsp3) is 0.467. The third-order valence-electron chi connectivity index (χ3n) is 3.82. The topological polar surface area (TPSA) is 59.4 Å². The Bertz CT molecular complexity index is 664. The van der Waals surface area contributed by atoms with E-state index in [-0.39, 0.29) is 6.03 Å². The number of fused-ring (bicyclic) bond motifs is 1.